The van der Waals surface area contributed by atoms with E-state index in [9.17, 15) is 0 Å². The van der Waals surface area contributed by atoms with Gasteiger partial charge in [-0.3, -0.25) is 0 Å². The van der Waals surface area contributed by atoms with Crippen LogP contribution in [0.2, 0.25) is 0 Å². The van der Waals surface area contributed by atoms with Crippen LogP contribution in [0.5, 0.6) is 0 Å². The van der Waals surface area contributed by atoms with Crippen molar-refractivity contribution in [2.45, 2.75) is 87.0 Å². The van der Waals surface area contributed by atoms with Gasteiger partial charge >= 0.3 is 0 Å². The fraction of sp³-hybridized carbons (Fsp3) is 1.00. The van der Waals surface area contributed by atoms with Crippen molar-refractivity contribution in [1.82, 2.24) is 0 Å². The van der Waals surface area contributed by atoms with Gasteiger partial charge in [-0.2, -0.15) is 0 Å². The van der Waals surface area contributed by atoms with E-state index in [1.54, 1.807) is 0 Å². The van der Waals surface area contributed by atoms with E-state index >= 15 is 0 Å². The molecule has 1 aliphatic carbocycles. The smallest absolute Gasteiger partial charge is 0.0294 e. The number of hydrogen-bond acceptors (Lipinski definition) is 0. The lowest BCUT2D eigenvalue weighted by Crippen LogP contribution is -2.23. The van der Waals surface area contributed by atoms with E-state index in [0.717, 1.165) is 17.8 Å². The van der Waals surface area contributed by atoms with Gasteiger partial charge in [0.25, 0.3) is 0 Å². The molecule has 0 amide bonds. The van der Waals surface area contributed by atoms with E-state index in [0.29, 0.717) is 10.8 Å². The summed E-state index contributed by atoms with van der Waals surface area (Å²) in [6, 6.07) is 0. The molecule has 0 aromatic rings. The van der Waals surface area contributed by atoms with Gasteiger partial charge in [0.15, 0.2) is 0 Å². The van der Waals surface area contributed by atoms with Crippen LogP contribution in [0, 0.1) is 28.6 Å². The first-order chi connectivity index (χ1) is 8.23. The van der Waals surface area contributed by atoms with Gasteiger partial charge in [0.05, 0.1) is 0 Å². The molecule has 0 N–H and O–H groups in total. The van der Waals surface area contributed by atoms with E-state index in [2.05, 4.69) is 48.5 Å². The van der Waals surface area contributed by atoms with Crippen molar-refractivity contribution < 1.29 is 0 Å². The van der Waals surface area contributed by atoms with Crippen molar-refractivity contribution in [3.63, 3.8) is 0 Å². The highest BCUT2D eigenvalue weighted by molar-refractivity contribution is 5.02. The monoisotopic (exact) mass is 252 g/mol. The summed E-state index contributed by atoms with van der Waals surface area (Å²) in [6.45, 7) is 17.0. The first kappa shape index (κ1) is 16.1. The third-order valence-corrected chi connectivity index (χ3v) is 5.34. The highest BCUT2D eigenvalue weighted by Crippen LogP contribution is 2.61. The van der Waals surface area contributed by atoms with E-state index < -0.39 is 0 Å². The van der Waals surface area contributed by atoms with Gasteiger partial charge in [-0.05, 0) is 41.4 Å². The molecular formula is C18H36. The quantitative estimate of drug-likeness (QED) is 0.498. The Morgan fingerprint density at radius 3 is 2.22 bits per heavy atom. The van der Waals surface area contributed by atoms with Gasteiger partial charge < -0.3 is 0 Å². The van der Waals surface area contributed by atoms with Gasteiger partial charge in [0.2, 0.25) is 0 Å². The Hall–Kier alpha value is 0. The Morgan fingerprint density at radius 1 is 1.22 bits per heavy atom. The molecule has 1 fully saturated rings. The second-order valence-electron chi connectivity index (χ2n) is 8.37. The van der Waals surface area contributed by atoms with Crippen molar-refractivity contribution in [3.8, 4) is 0 Å². The molecule has 0 aromatic carbocycles. The Bertz CT molecular complexity index is 247. The molecule has 4 unspecified atom stereocenters. The average Bonchev–Trinajstić information content (AvgIpc) is 2.95. The highest BCUT2D eigenvalue weighted by Gasteiger charge is 2.53. The van der Waals surface area contributed by atoms with E-state index in [1.165, 1.54) is 38.5 Å². The summed E-state index contributed by atoms with van der Waals surface area (Å²) in [5, 5.41) is 0. The lowest BCUT2D eigenvalue weighted by Gasteiger charge is -2.32. The van der Waals surface area contributed by atoms with Crippen LogP contribution in [0.25, 0.3) is 0 Å². The predicted molar refractivity (Wildman–Crippen MR) is 82.8 cm³/mol. The first-order valence-electron chi connectivity index (χ1n) is 8.23. The van der Waals surface area contributed by atoms with Gasteiger partial charge in [-0.15, -0.1) is 0 Å². The summed E-state index contributed by atoms with van der Waals surface area (Å²) >= 11 is 0. The maximum absolute atomic E-state index is 2.51. The molecular weight excluding hydrogens is 216 g/mol. The van der Waals surface area contributed by atoms with E-state index in [4.69, 9.17) is 0 Å². The van der Waals surface area contributed by atoms with Crippen molar-refractivity contribution in [2.75, 3.05) is 0 Å². The normalized spacial score (nSPS) is 31.2. The third kappa shape index (κ3) is 4.28. The standard InChI is InChI=1S/C18H36/c1-8-10-11-14(3)15(12-17(4,5)6)16-13-18(16,7)9-2/h14-16H,8-13H2,1-7H3. The predicted octanol–water partition coefficient (Wildman–Crippen LogP) is 6.30. The highest BCUT2D eigenvalue weighted by atomic mass is 14.6. The minimum absolute atomic E-state index is 0.488. The van der Waals surface area contributed by atoms with Crippen LogP contribution >= 0.6 is 0 Å². The second-order valence-corrected chi connectivity index (χ2v) is 8.37. The van der Waals surface area contributed by atoms with Crippen LogP contribution in [-0.4, -0.2) is 0 Å². The Balaban J connectivity index is 2.65. The molecule has 108 valence electrons. The molecule has 0 spiro atoms. The van der Waals surface area contributed by atoms with Gasteiger partial charge in [0.1, 0.15) is 0 Å². The molecule has 4 atom stereocenters. The molecule has 0 aliphatic heterocycles. The van der Waals surface area contributed by atoms with Crippen LogP contribution in [0.3, 0.4) is 0 Å². The summed E-state index contributed by atoms with van der Waals surface area (Å²) in [7, 11) is 0. The summed E-state index contributed by atoms with van der Waals surface area (Å²) < 4.78 is 0. The number of rotatable bonds is 7. The molecule has 1 aliphatic rings. The van der Waals surface area contributed by atoms with Gasteiger partial charge in [-0.1, -0.05) is 74.1 Å². The first-order valence-corrected chi connectivity index (χ1v) is 8.23. The van der Waals surface area contributed by atoms with E-state index in [-0.39, 0.29) is 0 Å². The minimum atomic E-state index is 0.488. The number of unbranched alkanes of at least 4 members (excludes halogenated alkanes) is 1. The zero-order valence-corrected chi connectivity index (χ0v) is 14.0. The van der Waals surface area contributed by atoms with Crippen LogP contribution in [0.15, 0.2) is 0 Å². The van der Waals surface area contributed by atoms with Crippen molar-refractivity contribution in [2.24, 2.45) is 28.6 Å². The fourth-order valence-corrected chi connectivity index (χ4v) is 3.71. The molecule has 0 aromatic heterocycles. The summed E-state index contributed by atoms with van der Waals surface area (Å²) in [5.41, 5.74) is 1.17. The third-order valence-electron chi connectivity index (χ3n) is 5.34. The molecule has 0 heteroatoms. The van der Waals surface area contributed by atoms with Crippen LogP contribution in [0.1, 0.15) is 87.0 Å². The minimum Gasteiger partial charge on any atom is -0.0654 e. The van der Waals surface area contributed by atoms with Crippen molar-refractivity contribution >= 4 is 0 Å². The lowest BCUT2D eigenvalue weighted by molar-refractivity contribution is 0.178. The molecule has 0 saturated heterocycles. The zero-order valence-electron chi connectivity index (χ0n) is 14.0. The zero-order chi connectivity index (χ0) is 14.0. The van der Waals surface area contributed by atoms with Crippen LogP contribution < -0.4 is 0 Å². The largest absolute Gasteiger partial charge is 0.0654 e. The maximum Gasteiger partial charge on any atom is -0.0294 e. The molecule has 1 saturated carbocycles. The van der Waals surface area contributed by atoms with Crippen LogP contribution in [-0.2, 0) is 0 Å². The van der Waals surface area contributed by atoms with Gasteiger partial charge in [0, 0.05) is 0 Å². The molecule has 0 radical (unpaired) electrons. The molecule has 0 heterocycles. The van der Waals surface area contributed by atoms with Crippen LogP contribution in [0.4, 0.5) is 0 Å². The van der Waals surface area contributed by atoms with Gasteiger partial charge in [-0.25, -0.2) is 0 Å². The Labute approximate surface area is 116 Å². The lowest BCUT2D eigenvalue weighted by atomic mass is 9.73. The summed E-state index contributed by atoms with van der Waals surface area (Å²) in [5.74, 6) is 2.89. The summed E-state index contributed by atoms with van der Waals surface area (Å²) in [6.07, 6.45) is 8.48. The second kappa shape index (κ2) is 5.97. The fourth-order valence-electron chi connectivity index (χ4n) is 3.71. The van der Waals surface area contributed by atoms with Crippen molar-refractivity contribution in [3.05, 3.63) is 0 Å². The van der Waals surface area contributed by atoms with Crippen molar-refractivity contribution in [1.29, 1.82) is 0 Å². The molecule has 0 nitrogen and oxygen atoms in total. The SMILES string of the molecule is CCCCC(C)C(CC(C)(C)C)C1CC1(C)CC. The topological polar surface area (TPSA) is 0 Å². The average molecular weight is 252 g/mol. The molecule has 18 heavy (non-hydrogen) atoms. The maximum atomic E-state index is 2.51. The Kier molecular flexibility index (Phi) is 5.32. The molecule has 1 rings (SSSR count). The number of hydrogen-bond donors (Lipinski definition) is 0. The Morgan fingerprint density at radius 2 is 1.83 bits per heavy atom. The molecule has 0 bridgehead atoms. The van der Waals surface area contributed by atoms with E-state index in [1.807, 2.05) is 0 Å². The summed E-state index contributed by atoms with van der Waals surface area (Å²) in [4.78, 5) is 0.